The van der Waals surface area contributed by atoms with Gasteiger partial charge in [-0.1, -0.05) is 65.9 Å². The number of thiocarbonyl (C=S) groups is 1. The van der Waals surface area contributed by atoms with Crippen molar-refractivity contribution >= 4 is 57.9 Å². The molecule has 5 nitrogen and oxygen atoms in total. The molecule has 3 rings (SSSR count). The molecule has 1 heterocycles. The van der Waals surface area contributed by atoms with Crippen molar-refractivity contribution in [2.75, 3.05) is 6.54 Å². The summed E-state index contributed by atoms with van der Waals surface area (Å²) in [7, 11) is 0. The molecule has 0 radical (unpaired) electrons. The van der Waals surface area contributed by atoms with E-state index in [9.17, 15) is 14.7 Å². The van der Waals surface area contributed by atoms with Crippen LogP contribution >= 0.6 is 35.6 Å². The van der Waals surface area contributed by atoms with Gasteiger partial charge in [0.05, 0.1) is 17.4 Å². The fraction of sp³-hybridized carbons (Fsp3) is 0.105. The van der Waals surface area contributed by atoms with Crippen LogP contribution in [0.15, 0.2) is 53.4 Å². The fourth-order valence-corrected chi connectivity index (χ4v) is 3.75. The summed E-state index contributed by atoms with van der Waals surface area (Å²) in [6.07, 6.45) is 1.64. The Bertz CT molecular complexity index is 928. The SMILES string of the molecule is O=C([O-])CN1C(=O)/C(=C\c2ccccc2OCc2ccc(Cl)cc2)SC1=S. The number of hydrogen-bond donors (Lipinski definition) is 0. The number of carboxylic acid groups (broad SMARTS) is 1. The summed E-state index contributed by atoms with van der Waals surface area (Å²) in [4.78, 5) is 24.5. The maximum atomic E-state index is 12.4. The highest BCUT2D eigenvalue weighted by atomic mass is 35.5. The van der Waals surface area contributed by atoms with Gasteiger partial charge in [0, 0.05) is 10.6 Å². The summed E-state index contributed by atoms with van der Waals surface area (Å²) in [6, 6.07) is 14.6. The lowest BCUT2D eigenvalue weighted by molar-refractivity contribution is -0.305. The van der Waals surface area contributed by atoms with Crippen LogP contribution in [0.4, 0.5) is 0 Å². The zero-order valence-corrected chi connectivity index (χ0v) is 16.3. The molecule has 2 aromatic carbocycles. The zero-order chi connectivity index (χ0) is 19.4. The van der Waals surface area contributed by atoms with Gasteiger partial charge in [0.1, 0.15) is 16.7 Å². The average Bonchev–Trinajstić information content (AvgIpc) is 2.89. The Balaban J connectivity index is 1.78. The summed E-state index contributed by atoms with van der Waals surface area (Å²) >= 11 is 12.0. The summed E-state index contributed by atoms with van der Waals surface area (Å²) < 4.78 is 6.06. The Morgan fingerprint density at radius 1 is 1.22 bits per heavy atom. The standard InChI is InChI=1S/C19H14ClNO4S2/c20-14-7-5-12(6-8-14)11-25-15-4-2-1-3-13(15)9-16-18(24)21(10-17(22)23)19(26)27-16/h1-9H,10-11H2,(H,22,23)/p-1/b16-9+. The number of thioether (sulfide) groups is 1. The predicted molar refractivity (Wildman–Crippen MR) is 107 cm³/mol. The van der Waals surface area contributed by atoms with E-state index in [1.54, 1.807) is 24.3 Å². The monoisotopic (exact) mass is 418 g/mol. The summed E-state index contributed by atoms with van der Waals surface area (Å²) in [5.41, 5.74) is 1.65. The second-order valence-corrected chi connectivity index (χ2v) is 7.71. The molecule has 1 aliphatic rings. The van der Waals surface area contributed by atoms with E-state index in [1.165, 1.54) is 0 Å². The molecular formula is C19H13ClNO4S2-. The third-order valence-electron chi connectivity index (χ3n) is 3.67. The first-order valence-electron chi connectivity index (χ1n) is 7.85. The van der Waals surface area contributed by atoms with E-state index in [0.29, 0.717) is 27.8 Å². The van der Waals surface area contributed by atoms with Crippen molar-refractivity contribution < 1.29 is 19.4 Å². The molecular weight excluding hydrogens is 406 g/mol. The number of halogens is 1. The number of carbonyl (C=O) groups is 2. The Labute approximate surface area is 170 Å². The first kappa shape index (κ1) is 19.4. The van der Waals surface area contributed by atoms with Crippen LogP contribution in [-0.4, -0.2) is 27.6 Å². The smallest absolute Gasteiger partial charge is 0.266 e. The van der Waals surface area contributed by atoms with Crippen molar-refractivity contribution in [3.63, 3.8) is 0 Å². The number of carboxylic acids is 1. The number of nitrogens with zero attached hydrogens (tertiary/aromatic N) is 1. The Kier molecular flexibility index (Phi) is 6.15. The first-order chi connectivity index (χ1) is 12.9. The number of amides is 1. The van der Waals surface area contributed by atoms with Crippen molar-refractivity contribution in [3.8, 4) is 5.75 Å². The molecule has 1 aliphatic heterocycles. The highest BCUT2D eigenvalue weighted by molar-refractivity contribution is 8.26. The van der Waals surface area contributed by atoms with E-state index < -0.39 is 18.4 Å². The normalized spacial score (nSPS) is 15.4. The lowest BCUT2D eigenvalue weighted by atomic mass is 10.1. The van der Waals surface area contributed by atoms with Gasteiger partial charge in [0.2, 0.25) is 0 Å². The molecule has 0 saturated carbocycles. The fourth-order valence-electron chi connectivity index (χ4n) is 2.38. The molecule has 0 spiro atoms. The van der Waals surface area contributed by atoms with E-state index in [2.05, 4.69) is 0 Å². The molecule has 0 unspecified atom stereocenters. The first-order valence-corrected chi connectivity index (χ1v) is 9.46. The van der Waals surface area contributed by atoms with Crippen LogP contribution in [0.5, 0.6) is 5.75 Å². The van der Waals surface area contributed by atoms with E-state index in [-0.39, 0.29) is 4.32 Å². The number of benzene rings is 2. The number of rotatable bonds is 6. The third kappa shape index (κ3) is 4.88. The van der Waals surface area contributed by atoms with Crippen LogP contribution in [0, 0.1) is 0 Å². The van der Waals surface area contributed by atoms with Crippen molar-refractivity contribution in [2.24, 2.45) is 0 Å². The highest BCUT2D eigenvalue weighted by Gasteiger charge is 2.32. The molecule has 1 saturated heterocycles. The van der Waals surface area contributed by atoms with Gasteiger partial charge in [-0.2, -0.15) is 0 Å². The van der Waals surface area contributed by atoms with Gasteiger partial charge in [0.25, 0.3) is 5.91 Å². The van der Waals surface area contributed by atoms with Gasteiger partial charge >= 0.3 is 0 Å². The van der Waals surface area contributed by atoms with E-state index >= 15 is 0 Å². The molecule has 0 atom stereocenters. The minimum Gasteiger partial charge on any atom is -0.548 e. The maximum Gasteiger partial charge on any atom is 0.266 e. The molecule has 0 N–H and O–H groups in total. The summed E-state index contributed by atoms with van der Waals surface area (Å²) in [5.74, 6) is -1.22. The van der Waals surface area contributed by atoms with Crippen LogP contribution in [0.3, 0.4) is 0 Å². The van der Waals surface area contributed by atoms with Crippen molar-refractivity contribution in [2.45, 2.75) is 6.61 Å². The van der Waals surface area contributed by atoms with Gasteiger partial charge in [-0.05, 0) is 29.8 Å². The summed E-state index contributed by atoms with van der Waals surface area (Å²) in [6.45, 7) is -0.218. The molecule has 1 fully saturated rings. The quantitative estimate of drug-likeness (QED) is 0.530. The van der Waals surface area contributed by atoms with E-state index in [0.717, 1.165) is 22.2 Å². The van der Waals surface area contributed by atoms with E-state index in [4.69, 9.17) is 28.6 Å². The molecule has 138 valence electrons. The number of aliphatic carboxylic acids is 1. The highest BCUT2D eigenvalue weighted by Crippen LogP contribution is 2.34. The third-order valence-corrected chi connectivity index (χ3v) is 5.30. The Morgan fingerprint density at radius 2 is 1.93 bits per heavy atom. The van der Waals surface area contributed by atoms with Gasteiger partial charge < -0.3 is 14.6 Å². The molecule has 2 aromatic rings. The molecule has 8 heteroatoms. The van der Waals surface area contributed by atoms with E-state index in [1.807, 2.05) is 30.3 Å². The molecule has 27 heavy (non-hydrogen) atoms. The second kappa shape index (κ2) is 8.56. The molecule has 0 aromatic heterocycles. The minimum absolute atomic E-state index is 0.190. The topological polar surface area (TPSA) is 69.7 Å². The summed E-state index contributed by atoms with van der Waals surface area (Å²) in [5, 5.41) is 11.4. The van der Waals surface area contributed by atoms with Crippen molar-refractivity contribution in [1.29, 1.82) is 0 Å². The molecule has 1 amide bonds. The number of hydrogen-bond acceptors (Lipinski definition) is 6. The average molecular weight is 419 g/mol. The predicted octanol–water partition coefficient (Wildman–Crippen LogP) is 2.87. The minimum atomic E-state index is -1.36. The Morgan fingerprint density at radius 3 is 2.63 bits per heavy atom. The van der Waals surface area contributed by atoms with Gasteiger partial charge in [-0.3, -0.25) is 9.69 Å². The Hall–Kier alpha value is -2.35. The van der Waals surface area contributed by atoms with Crippen LogP contribution in [0.2, 0.25) is 5.02 Å². The largest absolute Gasteiger partial charge is 0.548 e. The number of ether oxygens (including phenoxy) is 1. The van der Waals surface area contributed by atoms with Gasteiger partial charge in [0.15, 0.2) is 0 Å². The van der Waals surface area contributed by atoms with Gasteiger partial charge in [-0.25, -0.2) is 0 Å². The van der Waals surface area contributed by atoms with Crippen LogP contribution in [-0.2, 0) is 16.2 Å². The van der Waals surface area contributed by atoms with Crippen LogP contribution < -0.4 is 9.84 Å². The lowest BCUT2D eigenvalue weighted by Gasteiger charge is -2.14. The van der Waals surface area contributed by atoms with Crippen LogP contribution in [0.25, 0.3) is 6.08 Å². The number of para-hydroxylation sites is 1. The molecule has 0 aliphatic carbocycles. The lowest BCUT2D eigenvalue weighted by Crippen LogP contribution is -2.40. The second-order valence-electron chi connectivity index (χ2n) is 5.59. The number of carbonyl (C=O) groups excluding carboxylic acids is 2. The van der Waals surface area contributed by atoms with Gasteiger partial charge in [-0.15, -0.1) is 0 Å². The van der Waals surface area contributed by atoms with Crippen molar-refractivity contribution in [1.82, 2.24) is 4.90 Å². The zero-order valence-electron chi connectivity index (χ0n) is 13.9. The van der Waals surface area contributed by atoms with Crippen molar-refractivity contribution in [3.05, 3.63) is 69.6 Å². The van der Waals surface area contributed by atoms with Crippen LogP contribution in [0.1, 0.15) is 11.1 Å². The molecule has 0 bridgehead atoms. The maximum absolute atomic E-state index is 12.4.